The fraction of sp³-hybridized carbons (Fsp3) is 1.00. The molecular formula is C10H19F2NO. The maximum absolute atomic E-state index is 13.1. The Labute approximate surface area is 83.9 Å². The van der Waals surface area contributed by atoms with Crippen LogP contribution in [0.25, 0.3) is 0 Å². The number of likely N-dealkylation sites (tertiary alicyclic amines) is 1. The summed E-state index contributed by atoms with van der Waals surface area (Å²) in [5, 5.41) is 9.33. The average molecular weight is 207 g/mol. The van der Waals surface area contributed by atoms with Crippen LogP contribution in [0, 0.1) is 0 Å². The van der Waals surface area contributed by atoms with Crippen LogP contribution in [-0.4, -0.2) is 41.2 Å². The minimum atomic E-state index is -2.72. The van der Waals surface area contributed by atoms with Gasteiger partial charge in [-0.2, -0.15) is 0 Å². The Morgan fingerprint density at radius 1 is 1.43 bits per heavy atom. The molecule has 1 atom stereocenters. The molecule has 0 spiro atoms. The SMILES string of the molecule is CCC(CC)N1CC(O)CC(F)(F)C1. The number of β-amino-alcohol motifs (C(OH)–C–C–N with tert-alkyl or cyclic N) is 1. The number of aliphatic hydroxyl groups is 1. The van der Waals surface area contributed by atoms with Gasteiger partial charge in [0, 0.05) is 19.0 Å². The van der Waals surface area contributed by atoms with E-state index in [0.29, 0.717) is 6.54 Å². The molecule has 1 aliphatic rings. The van der Waals surface area contributed by atoms with Gasteiger partial charge in [-0.15, -0.1) is 0 Å². The number of hydrogen-bond donors (Lipinski definition) is 1. The van der Waals surface area contributed by atoms with Gasteiger partial charge >= 0.3 is 0 Å². The molecule has 0 aliphatic carbocycles. The van der Waals surface area contributed by atoms with Gasteiger partial charge in [0.1, 0.15) is 0 Å². The molecule has 14 heavy (non-hydrogen) atoms. The van der Waals surface area contributed by atoms with E-state index in [4.69, 9.17) is 0 Å². The number of hydrogen-bond acceptors (Lipinski definition) is 2. The van der Waals surface area contributed by atoms with Crippen molar-refractivity contribution in [1.82, 2.24) is 4.90 Å². The highest BCUT2D eigenvalue weighted by Crippen LogP contribution is 2.29. The molecule has 0 saturated carbocycles. The van der Waals surface area contributed by atoms with Gasteiger partial charge in [0.15, 0.2) is 0 Å². The Balaban J connectivity index is 2.61. The van der Waals surface area contributed by atoms with E-state index in [-0.39, 0.29) is 19.0 Å². The molecule has 2 nitrogen and oxygen atoms in total. The van der Waals surface area contributed by atoms with Crippen molar-refractivity contribution in [3.05, 3.63) is 0 Å². The second kappa shape index (κ2) is 4.53. The normalized spacial score (nSPS) is 28.3. The van der Waals surface area contributed by atoms with Crippen LogP contribution in [0.2, 0.25) is 0 Å². The molecule has 1 aliphatic heterocycles. The molecule has 84 valence electrons. The lowest BCUT2D eigenvalue weighted by atomic mass is 10.0. The number of aliphatic hydroxyl groups excluding tert-OH is 1. The van der Waals surface area contributed by atoms with E-state index in [1.807, 2.05) is 13.8 Å². The molecule has 1 heterocycles. The van der Waals surface area contributed by atoms with Crippen molar-refractivity contribution < 1.29 is 13.9 Å². The zero-order valence-corrected chi connectivity index (χ0v) is 8.84. The third-order valence-corrected chi connectivity index (χ3v) is 2.87. The summed E-state index contributed by atoms with van der Waals surface area (Å²) in [5.74, 6) is -2.72. The lowest BCUT2D eigenvalue weighted by molar-refractivity contribution is -0.117. The molecule has 4 heteroatoms. The fourth-order valence-electron chi connectivity index (χ4n) is 2.19. The number of rotatable bonds is 3. The van der Waals surface area contributed by atoms with Crippen LogP contribution in [-0.2, 0) is 0 Å². The lowest BCUT2D eigenvalue weighted by Crippen LogP contribution is -2.52. The average Bonchev–Trinajstić information content (AvgIpc) is 2.02. The third kappa shape index (κ3) is 2.89. The molecule has 0 amide bonds. The van der Waals surface area contributed by atoms with Crippen molar-refractivity contribution in [1.29, 1.82) is 0 Å². The van der Waals surface area contributed by atoms with E-state index in [1.165, 1.54) is 0 Å². The molecule has 1 fully saturated rings. The van der Waals surface area contributed by atoms with Crippen LogP contribution in [0.3, 0.4) is 0 Å². The van der Waals surface area contributed by atoms with Gasteiger partial charge in [0.2, 0.25) is 0 Å². The molecule has 0 aromatic rings. The molecule has 0 aromatic heterocycles. The fourth-order valence-corrected chi connectivity index (χ4v) is 2.19. The molecule has 0 radical (unpaired) electrons. The first-order valence-electron chi connectivity index (χ1n) is 5.28. The van der Waals surface area contributed by atoms with Gasteiger partial charge in [0.25, 0.3) is 5.92 Å². The zero-order chi connectivity index (χ0) is 10.8. The maximum atomic E-state index is 13.1. The molecule has 0 aromatic carbocycles. The summed E-state index contributed by atoms with van der Waals surface area (Å²) in [4.78, 5) is 1.72. The van der Waals surface area contributed by atoms with Crippen molar-refractivity contribution in [3.63, 3.8) is 0 Å². The Hall–Kier alpha value is -0.220. The van der Waals surface area contributed by atoms with E-state index in [9.17, 15) is 13.9 Å². The second-order valence-electron chi connectivity index (χ2n) is 4.11. The number of halogens is 2. The highest BCUT2D eigenvalue weighted by molar-refractivity contribution is 4.86. The van der Waals surface area contributed by atoms with E-state index >= 15 is 0 Å². The highest BCUT2D eigenvalue weighted by Gasteiger charge is 2.41. The number of alkyl halides is 2. The van der Waals surface area contributed by atoms with Gasteiger partial charge in [-0.25, -0.2) is 8.78 Å². The van der Waals surface area contributed by atoms with Gasteiger partial charge in [-0.3, -0.25) is 4.90 Å². The van der Waals surface area contributed by atoms with E-state index in [2.05, 4.69) is 0 Å². The van der Waals surface area contributed by atoms with Crippen molar-refractivity contribution in [2.75, 3.05) is 13.1 Å². The minimum Gasteiger partial charge on any atom is -0.392 e. The minimum absolute atomic E-state index is 0.177. The summed E-state index contributed by atoms with van der Waals surface area (Å²) in [7, 11) is 0. The molecule has 1 rings (SSSR count). The van der Waals surface area contributed by atoms with Crippen molar-refractivity contribution >= 4 is 0 Å². The lowest BCUT2D eigenvalue weighted by Gasteiger charge is -2.39. The zero-order valence-electron chi connectivity index (χ0n) is 8.84. The third-order valence-electron chi connectivity index (χ3n) is 2.87. The predicted molar refractivity (Wildman–Crippen MR) is 51.5 cm³/mol. The van der Waals surface area contributed by atoms with Crippen molar-refractivity contribution in [2.45, 2.75) is 51.2 Å². The summed E-state index contributed by atoms with van der Waals surface area (Å²) in [6, 6.07) is 0.177. The van der Waals surface area contributed by atoms with E-state index in [1.54, 1.807) is 4.90 Å². The van der Waals surface area contributed by atoms with Gasteiger partial charge in [-0.1, -0.05) is 13.8 Å². The topological polar surface area (TPSA) is 23.5 Å². The second-order valence-corrected chi connectivity index (χ2v) is 4.11. The molecule has 1 saturated heterocycles. The number of piperidine rings is 1. The number of nitrogens with zero attached hydrogens (tertiary/aromatic N) is 1. The van der Waals surface area contributed by atoms with Crippen LogP contribution in [0.15, 0.2) is 0 Å². The highest BCUT2D eigenvalue weighted by atomic mass is 19.3. The summed E-state index contributed by atoms with van der Waals surface area (Å²) in [5.41, 5.74) is 0. The maximum Gasteiger partial charge on any atom is 0.263 e. The van der Waals surface area contributed by atoms with Crippen LogP contribution >= 0.6 is 0 Å². The first kappa shape index (κ1) is 11.9. The van der Waals surface area contributed by atoms with Crippen molar-refractivity contribution in [2.24, 2.45) is 0 Å². The van der Waals surface area contributed by atoms with Gasteiger partial charge in [0.05, 0.1) is 12.6 Å². The molecule has 0 bridgehead atoms. The molecule has 1 N–H and O–H groups in total. The summed E-state index contributed by atoms with van der Waals surface area (Å²) in [6.45, 7) is 4.18. The summed E-state index contributed by atoms with van der Waals surface area (Å²) < 4.78 is 26.3. The van der Waals surface area contributed by atoms with Gasteiger partial charge < -0.3 is 5.11 Å². The van der Waals surface area contributed by atoms with E-state index < -0.39 is 12.0 Å². The Bertz CT molecular complexity index is 183. The Morgan fingerprint density at radius 2 is 2.00 bits per heavy atom. The summed E-state index contributed by atoms with van der Waals surface area (Å²) in [6.07, 6.45) is 0.460. The van der Waals surface area contributed by atoms with Crippen molar-refractivity contribution in [3.8, 4) is 0 Å². The Morgan fingerprint density at radius 3 is 2.43 bits per heavy atom. The molecule has 1 unspecified atom stereocenters. The van der Waals surface area contributed by atoms with Crippen LogP contribution in [0.5, 0.6) is 0 Å². The van der Waals surface area contributed by atoms with Gasteiger partial charge in [-0.05, 0) is 12.8 Å². The predicted octanol–water partition coefficient (Wildman–Crippen LogP) is 1.88. The molecular weight excluding hydrogens is 188 g/mol. The first-order valence-corrected chi connectivity index (χ1v) is 5.28. The summed E-state index contributed by atoms with van der Waals surface area (Å²) >= 11 is 0. The van der Waals surface area contributed by atoms with E-state index in [0.717, 1.165) is 12.8 Å². The van der Waals surface area contributed by atoms with Crippen LogP contribution in [0.1, 0.15) is 33.1 Å². The van der Waals surface area contributed by atoms with Crippen LogP contribution < -0.4 is 0 Å². The first-order chi connectivity index (χ1) is 6.48. The standard InChI is InChI=1S/C10H19F2NO/c1-3-8(4-2)13-6-9(14)5-10(11,12)7-13/h8-9,14H,3-7H2,1-2H3. The Kier molecular flexibility index (Phi) is 3.84. The smallest absolute Gasteiger partial charge is 0.263 e. The quantitative estimate of drug-likeness (QED) is 0.763. The largest absolute Gasteiger partial charge is 0.392 e. The van der Waals surface area contributed by atoms with Crippen LogP contribution in [0.4, 0.5) is 8.78 Å². The monoisotopic (exact) mass is 207 g/mol.